The molecule has 0 radical (unpaired) electrons. The molecule has 24 nitrogen and oxygen atoms in total. The van der Waals surface area contributed by atoms with E-state index in [1.807, 2.05) is 55.4 Å². The van der Waals surface area contributed by atoms with Crippen molar-refractivity contribution in [1.82, 2.24) is 59.8 Å². The van der Waals surface area contributed by atoms with Gasteiger partial charge in [-0.15, -0.1) is 20.4 Å². The monoisotopic (exact) mass is 1320 g/mol. The summed E-state index contributed by atoms with van der Waals surface area (Å²) in [4.78, 5) is 71.8. The molecule has 6 heterocycles. The number of carboxylic acid groups (broad SMARTS) is 2. The number of halogens is 2. The third kappa shape index (κ3) is 21.1. The summed E-state index contributed by atoms with van der Waals surface area (Å²) in [5, 5.41) is 31.2. The van der Waals surface area contributed by atoms with E-state index in [1.54, 1.807) is 9.80 Å². The Kier molecular flexibility index (Phi) is 29.4. The second-order valence-electron chi connectivity index (χ2n) is 26.7. The molecule has 2 N–H and O–H groups in total. The number of carboxylic acids is 2. The first kappa shape index (κ1) is 76.2. The number of rotatable bonds is 32. The van der Waals surface area contributed by atoms with Crippen molar-refractivity contribution in [3.05, 3.63) is 71.8 Å². The van der Waals surface area contributed by atoms with Crippen LogP contribution in [0.15, 0.2) is 49.1 Å². The molecule has 2 atom stereocenters. The van der Waals surface area contributed by atoms with E-state index in [0.29, 0.717) is 48.6 Å². The molecule has 94 heavy (non-hydrogen) atoms. The van der Waals surface area contributed by atoms with Gasteiger partial charge in [-0.2, -0.15) is 0 Å². The highest BCUT2D eigenvalue weighted by molar-refractivity contribution is 6.27. The fourth-order valence-electron chi connectivity index (χ4n) is 13.4. The molecule has 0 aliphatic carbocycles. The fraction of sp³-hybridized carbons (Fsp3) is 0.676. The molecular weight excluding hydrogens is 1210 g/mol. The van der Waals surface area contributed by atoms with Crippen LogP contribution in [0.5, 0.6) is 23.3 Å². The lowest BCUT2D eigenvalue weighted by molar-refractivity contribution is -0.159. The minimum Gasteiger partial charge on any atom is -0.473 e. The van der Waals surface area contributed by atoms with Gasteiger partial charge in [0.2, 0.25) is 0 Å². The van der Waals surface area contributed by atoms with E-state index in [1.165, 1.54) is 74.7 Å². The van der Waals surface area contributed by atoms with Crippen LogP contribution in [0.1, 0.15) is 142 Å². The van der Waals surface area contributed by atoms with E-state index in [-0.39, 0.29) is 69.1 Å². The number of likely N-dealkylation sites (tertiary alicyclic amines) is 2. The van der Waals surface area contributed by atoms with Gasteiger partial charge in [-0.1, -0.05) is 27.7 Å². The van der Waals surface area contributed by atoms with Crippen LogP contribution in [0.4, 0.5) is 20.4 Å². The van der Waals surface area contributed by atoms with Crippen molar-refractivity contribution < 1.29 is 57.1 Å². The summed E-state index contributed by atoms with van der Waals surface area (Å²) in [5.74, 6) is -1.90. The molecule has 4 saturated heterocycles. The minimum atomic E-state index is -1.82. The Balaban J connectivity index is 0.000000274. The Labute approximate surface area is 555 Å². The molecule has 4 aromatic rings. The van der Waals surface area contributed by atoms with Gasteiger partial charge in [-0.25, -0.2) is 28.3 Å². The average Bonchev–Trinajstić information content (AvgIpc) is 1.57. The molecule has 2 amide bonds. The van der Waals surface area contributed by atoms with Gasteiger partial charge in [-0.05, 0) is 169 Å². The highest BCUT2D eigenvalue weighted by Crippen LogP contribution is 2.47. The quantitative estimate of drug-likeness (QED) is 0.0342. The molecule has 2 aromatic heterocycles. The Bertz CT molecular complexity index is 2850. The number of hydrogen-bond donors (Lipinski definition) is 2. The van der Waals surface area contributed by atoms with Crippen LogP contribution in [0.25, 0.3) is 0 Å². The van der Waals surface area contributed by atoms with E-state index in [2.05, 4.69) is 102 Å². The highest BCUT2D eigenvalue weighted by Gasteiger charge is 2.52. The van der Waals surface area contributed by atoms with E-state index >= 15 is 0 Å². The van der Waals surface area contributed by atoms with E-state index < -0.39 is 23.6 Å². The van der Waals surface area contributed by atoms with Crippen LogP contribution in [-0.2, 0) is 19.1 Å². The van der Waals surface area contributed by atoms with Crippen LogP contribution < -0.4 is 19.3 Å². The zero-order valence-electron chi connectivity index (χ0n) is 58.2. The van der Waals surface area contributed by atoms with Crippen molar-refractivity contribution in [2.45, 2.75) is 146 Å². The first-order chi connectivity index (χ1) is 44.8. The van der Waals surface area contributed by atoms with Crippen LogP contribution >= 0.6 is 0 Å². The number of amides is 2. The van der Waals surface area contributed by atoms with Gasteiger partial charge in [0.15, 0.2) is 11.6 Å². The second-order valence-corrected chi connectivity index (χ2v) is 26.7. The molecule has 0 saturated carbocycles. The number of benzene rings is 2. The van der Waals surface area contributed by atoms with E-state index in [4.69, 9.17) is 38.7 Å². The lowest BCUT2D eigenvalue weighted by Gasteiger charge is -2.53. The number of nitrogens with zero attached hydrogens (tertiary/aromatic N) is 14. The number of likely N-dealkylation sites (N-methyl/N-ethyl adjacent to an activating group) is 2. The molecule has 4 fully saturated rings. The SMILES string of the molecule is CCOCCN(C)CCC[C@H](C(C)C)N1CC2(CCN(c3ncnnc3Oc3ccc(F)cc3C(=O)N(CC)C(C)C)C2)C1.CCOCCN(C)CCC[C@H](C(C)C)N1CC2(CCN(c3ncnnc3Oc3ccc(F)cc3C(=O)N(CC)C(C)C)C2)C1.O=C(O)C(=O)O. The molecule has 0 bridgehead atoms. The third-order valence-electron chi connectivity index (χ3n) is 18.4. The molecule has 0 unspecified atom stereocenters. The first-order valence-electron chi connectivity index (χ1n) is 33.7. The molecule has 2 aromatic carbocycles. The van der Waals surface area contributed by atoms with Crippen molar-refractivity contribution in [1.29, 1.82) is 0 Å². The number of aliphatic carboxylic acids is 2. The standard InChI is InChI=1S/2C33H52FN7O3.C2H2O4/c2*1-8-41(25(5)6)32(42)27-19-26(34)12-13-29(27)44-31-30(35-23-36-37-31)39-16-14-33(20-39)21-40(22-33)28(24(3)4)11-10-15-38(7)17-18-43-9-2;3-1(4)2(5)6/h2*12-13,19,23-25,28H,8-11,14-18,20-22H2,1-7H3;(H,3,4)(H,5,6)/t2*28-;/m11./s1. The van der Waals surface area contributed by atoms with Crippen molar-refractivity contribution in [2.75, 3.05) is 142 Å². The first-order valence-corrected chi connectivity index (χ1v) is 33.7. The maximum Gasteiger partial charge on any atom is 0.414 e. The molecule has 4 aliphatic rings. The van der Waals surface area contributed by atoms with Crippen molar-refractivity contribution in [2.24, 2.45) is 22.7 Å². The predicted molar refractivity (Wildman–Crippen MR) is 357 cm³/mol. The van der Waals surface area contributed by atoms with Crippen LogP contribution in [-0.4, -0.2) is 250 Å². The van der Waals surface area contributed by atoms with Gasteiger partial charge in [0.1, 0.15) is 35.8 Å². The Morgan fingerprint density at radius 1 is 0.564 bits per heavy atom. The summed E-state index contributed by atoms with van der Waals surface area (Å²) in [6, 6.07) is 9.05. The van der Waals surface area contributed by atoms with Crippen LogP contribution in [0.3, 0.4) is 0 Å². The molecule has 8 rings (SSSR count). The predicted octanol–water partition coefficient (Wildman–Crippen LogP) is 9.07. The van der Waals surface area contributed by atoms with Crippen LogP contribution in [0, 0.1) is 34.3 Å². The van der Waals surface area contributed by atoms with E-state index in [0.717, 1.165) is 118 Å². The highest BCUT2D eigenvalue weighted by atomic mass is 19.1. The maximum absolute atomic E-state index is 14.3. The Hall–Kier alpha value is -6.84. The molecule has 522 valence electrons. The van der Waals surface area contributed by atoms with Gasteiger partial charge in [-0.3, -0.25) is 19.4 Å². The van der Waals surface area contributed by atoms with Gasteiger partial charge in [0.05, 0.1) is 24.3 Å². The van der Waals surface area contributed by atoms with Gasteiger partial charge < -0.3 is 58.6 Å². The van der Waals surface area contributed by atoms with Gasteiger partial charge >= 0.3 is 11.9 Å². The summed E-state index contributed by atoms with van der Waals surface area (Å²) in [5.41, 5.74) is 0.730. The number of carbonyl (C=O) groups is 4. The van der Waals surface area contributed by atoms with Gasteiger partial charge in [0.25, 0.3) is 23.6 Å². The summed E-state index contributed by atoms with van der Waals surface area (Å²) in [6.07, 6.45) is 9.72. The average molecular weight is 1320 g/mol. The molecule has 4 aliphatic heterocycles. The van der Waals surface area contributed by atoms with Gasteiger partial charge in [0, 0.05) is 127 Å². The van der Waals surface area contributed by atoms with Crippen LogP contribution in [0.2, 0.25) is 0 Å². The lowest BCUT2D eigenvalue weighted by Crippen LogP contribution is -2.62. The summed E-state index contributed by atoms with van der Waals surface area (Å²) >= 11 is 0. The molecule has 2 spiro atoms. The van der Waals surface area contributed by atoms with Crippen molar-refractivity contribution in [3.63, 3.8) is 0 Å². The number of ether oxygens (including phenoxy) is 4. The number of carbonyl (C=O) groups excluding carboxylic acids is 2. The largest absolute Gasteiger partial charge is 0.473 e. The van der Waals surface area contributed by atoms with E-state index in [9.17, 15) is 18.4 Å². The fourth-order valence-corrected chi connectivity index (χ4v) is 13.4. The lowest BCUT2D eigenvalue weighted by atomic mass is 9.76. The maximum atomic E-state index is 14.3. The van der Waals surface area contributed by atoms with Crippen molar-refractivity contribution >= 4 is 35.4 Å². The second kappa shape index (κ2) is 36.3. The Morgan fingerprint density at radius 2 is 0.936 bits per heavy atom. The minimum absolute atomic E-state index is 0.0394. The molecular formula is C68H106F2N14O10. The third-order valence-corrected chi connectivity index (χ3v) is 18.4. The summed E-state index contributed by atoms with van der Waals surface area (Å²) < 4.78 is 52.0. The smallest absolute Gasteiger partial charge is 0.414 e. The molecule has 26 heteroatoms. The summed E-state index contributed by atoms with van der Waals surface area (Å²) in [6.45, 7) is 40.9. The normalized spacial score (nSPS) is 16.5. The number of hydrogen-bond acceptors (Lipinski definition) is 20. The zero-order chi connectivity index (χ0) is 68.9. The summed E-state index contributed by atoms with van der Waals surface area (Å²) in [7, 11) is 4.35. The van der Waals surface area contributed by atoms with Crippen molar-refractivity contribution in [3.8, 4) is 23.3 Å². The Morgan fingerprint density at radius 3 is 1.26 bits per heavy atom. The number of aromatic nitrogens is 6. The number of anilines is 2. The topological polar surface area (TPSA) is 249 Å². The zero-order valence-corrected chi connectivity index (χ0v) is 58.2.